The van der Waals surface area contributed by atoms with Gasteiger partial charge in [0, 0.05) is 17.7 Å². The highest BCUT2D eigenvalue weighted by molar-refractivity contribution is 9.10. The van der Waals surface area contributed by atoms with Gasteiger partial charge in [0.15, 0.2) is 0 Å². The first-order valence-electron chi connectivity index (χ1n) is 6.82. The van der Waals surface area contributed by atoms with Crippen molar-refractivity contribution >= 4 is 15.9 Å². The van der Waals surface area contributed by atoms with Crippen LogP contribution in [0.5, 0.6) is 0 Å². The van der Waals surface area contributed by atoms with Crippen molar-refractivity contribution in [1.82, 2.24) is 19.9 Å². The Morgan fingerprint density at radius 2 is 1.95 bits per heavy atom. The summed E-state index contributed by atoms with van der Waals surface area (Å²) in [4.78, 5) is 4.33. The average molecular weight is 365 g/mol. The van der Waals surface area contributed by atoms with Gasteiger partial charge in [-0.2, -0.15) is 10.1 Å². The highest BCUT2D eigenvalue weighted by Gasteiger charge is 2.12. The van der Waals surface area contributed by atoms with Crippen molar-refractivity contribution in [3.63, 3.8) is 0 Å². The Bertz CT molecular complexity index is 794. The van der Waals surface area contributed by atoms with E-state index in [-0.39, 0.29) is 5.82 Å². The summed E-state index contributed by atoms with van der Waals surface area (Å²) in [7, 11) is 0. The summed E-state index contributed by atoms with van der Waals surface area (Å²) < 4.78 is 21.1. The van der Waals surface area contributed by atoms with Crippen LogP contribution < -0.4 is 0 Å². The average Bonchev–Trinajstić information content (AvgIpc) is 3.07. The number of halogens is 2. The number of aromatic nitrogens is 4. The Morgan fingerprint density at radius 1 is 1.23 bits per heavy atom. The van der Waals surface area contributed by atoms with Crippen LogP contribution in [-0.4, -0.2) is 19.9 Å². The van der Waals surface area contributed by atoms with Crippen molar-refractivity contribution in [3.05, 3.63) is 51.8 Å². The van der Waals surface area contributed by atoms with E-state index in [4.69, 9.17) is 4.52 Å². The number of nitrogens with zero attached hydrogens (tertiary/aromatic N) is 4. The van der Waals surface area contributed by atoms with Crippen LogP contribution in [0.2, 0.25) is 0 Å². The second-order valence-electron chi connectivity index (χ2n) is 4.98. The first-order chi connectivity index (χ1) is 10.5. The molecular formula is C15H14BrFN4O. The molecule has 0 unspecified atom stereocenters. The third-order valence-corrected chi connectivity index (χ3v) is 4.55. The lowest BCUT2D eigenvalue weighted by Gasteiger charge is -2.01. The third kappa shape index (κ3) is 2.94. The van der Waals surface area contributed by atoms with Gasteiger partial charge in [0.25, 0.3) is 0 Å². The Kier molecular flexibility index (Phi) is 4.06. The Labute approximate surface area is 135 Å². The quantitative estimate of drug-likeness (QED) is 0.708. The minimum atomic E-state index is -0.289. The third-order valence-electron chi connectivity index (χ3n) is 3.40. The van der Waals surface area contributed by atoms with Crippen molar-refractivity contribution in [2.75, 3.05) is 0 Å². The molecule has 0 atom stereocenters. The minimum absolute atomic E-state index is 0.289. The molecule has 2 heterocycles. The maximum absolute atomic E-state index is 12.9. The van der Waals surface area contributed by atoms with Gasteiger partial charge in [0.1, 0.15) is 5.82 Å². The lowest BCUT2D eigenvalue weighted by Crippen LogP contribution is -2.05. The standard InChI is InChI=1S/C15H14BrFN4O/c1-9-14(16)10(2)21(19-9)8-7-13-18-15(20-22-13)11-3-5-12(17)6-4-11/h3-6H,7-8H2,1-2H3. The zero-order chi connectivity index (χ0) is 15.7. The second-order valence-corrected chi connectivity index (χ2v) is 5.77. The van der Waals surface area contributed by atoms with E-state index in [1.165, 1.54) is 12.1 Å². The van der Waals surface area contributed by atoms with Crippen molar-refractivity contribution in [2.45, 2.75) is 26.8 Å². The number of rotatable bonds is 4. The topological polar surface area (TPSA) is 56.7 Å². The molecule has 0 N–H and O–H groups in total. The molecule has 0 fully saturated rings. The summed E-state index contributed by atoms with van der Waals surface area (Å²) in [6, 6.07) is 6.00. The van der Waals surface area contributed by atoms with E-state index in [1.54, 1.807) is 12.1 Å². The van der Waals surface area contributed by atoms with E-state index < -0.39 is 0 Å². The fourth-order valence-electron chi connectivity index (χ4n) is 2.17. The van der Waals surface area contributed by atoms with Crippen LogP contribution in [0.1, 0.15) is 17.3 Å². The number of hydrogen-bond donors (Lipinski definition) is 0. The van der Waals surface area contributed by atoms with Gasteiger partial charge in [-0.05, 0) is 54.0 Å². The van der Waals surface area contributed by atoms with Crippen LogP contribution in [0.15, 0.2) is 33.3 Å². The first kappa shape index (κ1) is 14.9. The van der Waals surface area contributed by atoms with Crippen molar-refractivity contribution in [1.29, 1.82) is 0 Å². The van der Waals surface area contributed by atoms with E-state index in [0.717, 1.165) is 21.4 Å². The Balaban J connectivity index is 1.72. The van der Waals surface area contributed by atoms with Crippen LogP contribution in [-0.2, 0) is 13.0 Å². The Morgan fingerprint density at radius 3 is 2.59 bits per heavy atom. The van der Waals surface area contributed by atoms with Crippen molar-refractivity contribution in [2.24, 2.45) is 0 Å². The van der Waals surface area contributed by atoms with E-state index >= 15 is 0 Å². The van der Waals surface area contributed by atoms with Gasteiger partial charge < -0.3 is 4.52 Å². The molecule has 2 aromatic heterocycles. The molecule has 7 heteroatoms. The summed E-state index contributed by atoms with van der Waals surface area (Å²) in [6.45, 7) is 4.61. The molecule has 0 aliphatic rings. The van der Waals surface area contributed by atoms with Gasteiger partial charge >= 0.3 is 0 Å². The molecular weight excluding hydrogens is 351 g/mol. The molecule has 0 spiro atoms. The van der Waals surface area contributed by atoms with E-state index in [1.807, 2.05) is 18.5 Å². The van der Waals surface area contributed by atoms with E-state index in [9.17, 15) is 4.39 Å². The number of hydrogen-bond acceptors (Lipinski definition) is 4. The summed E-state index contributed by atoms with van der Waals surface area (Å²) >= 11 is 3.50. The van der Waals surface area contributed by atoms with Gasteiger partial charge in [-0.15, -0.1) is 0 Å². The molecule has 5 nitrogen and oxygen atoms in total. The monoisotopic (exact) mass is 364 g/mol. The van der Waals surface area contributed by atoms with Gasteiger partial charge in [0.05, 0.1) is 16.7 Å². The lowest BCUT2D eigenvalue weighted by atomic mass is 10.2. The number of aryl methyl sites for hydroxylation is 3. The predicted octanol–water partition coefficient (Wildman–Crippen LogP) is 3.69. The second kappa shape index (κ2) is 6.00. The summed E-state index contributed by atoms with van der Waals surface area (Å²) in [5.41, 5.74) is 2.75. The Hall–Kier alpha value is -2.02. The summed E-state index contributed by atoms with van der Waals surface area (Å²) in [5, 5.41) is 8.36. The fraction of sp³-hybridized carbons (Fsp3) is 0.267. The maximum atomic E-state index is 12.9. The zero-order valence-electron chi connectivity index (χ0n) is 12.2. The van der Waals surface area contributed by atoms with Gasteiger partial charge in [-0.3, -0.25) is 4.68 Å². The number of benzene rings is 1. The molecule has 3 rings (SSSR count). The summed E-state index contributed by atoms with van der Waals surface area (Å²) in [5.74, 6) is 0.704. The van der Waals surface area contributed by atoms with Crippen LogP contribution in [0, 0.1) is 19.7 Å². The molecule has 0 aliphatic heterocycles. The molecule has 0 bridgehead atoms. The molecule has 114 valence electrons. The predicted molar refractivity (Wildman–Crippen MR) is 82.8 cm³/mol. The van der Waals surface area contributed by atoms with Crippen molar-refractivity contribution in [3.8, 4) is 11.4 Å². The molecule has 3 aromatic rings. The highest BCUT2D eigenvalue weighted by Crippen LogP contribution is 2.20. The van der Waals surface area contributed by atoms with Gasteiger partial charge in [0.2, 0.25) is 11.7 Å². The van der Waals surface area contributed by atoms with Crippen LogP contribution in [0.3, 0.4) is 0 Å². The van der Waals surface area contributed by atoms with Crippen LogP contribution in [0.25, 0.3) is 11.4 Å². The SMILES string of the molecule is Cc1nn(CCc2nc(-c3ccc(F)cc3)no2)c(C)c1Br. The normalized spacial score (nSPS) is 11.1. The molecule has 22 heavy (non-hydrogen) atoms. The van der Waals surface area contributed by atoms with E-state index in [2.05, 4.69) is 31.2 Å². The van der Waals surface area contributed by atoms with Crippen LogP contribution in [0.4, 0.5) is 4.39 Å². The van der Waals surface area contributed by atoms with E-state index in [0.29, 0.717) is 24.7 Å². The molecule has 1 aromatic carbocycles. The first-order valence-corrected chi connectivity index (χ1v) is 7.62. The summed E-state index contributed by atoms with van der Waals surface area (Å²) in [6.07, 6.45) is 0.586. The fourth-order valence-corrected chi connectivity index (χ4v) is 2.45. The molecule has 0 saturated heterocycles. The lowest BCUT2D eigenvalue weighted by molar-refractivity contribution is 0.368. The van der Waals surface area contributed by atoms with Gasteiger partial charge in [-0.25, -0.2) is 4.39 Å². The van der Waals surface area contributed by atoms with Crippen LogP contribution >= 0.6 is 15.9 Å². The van der Waals surface area contributed by atoms with Crippen molar-refractivity contribution < 1.29 is 8.91 Å². The molecule has 0 radical (unpaired) electrons. The highest BCUT2D eigenvalue weighted by atomic mass is 79.9. The minimum Gasteiger partial charge on any atom is -0.339 e. The molecule has 0 saturated carbocycles. The maximum Gasteiger partial charge on any atom is 0.228 e. The smallest absolute Gasteiger partial charge is 0.228 e. The zero-order valence-corrected chi connectivity index (χ0v) is 13.8. The van der Waals surface area contributed by atoms with Gasteiger partial charge in [-0.1, -0.05) is 5.16 Å². The largest absolute Gasteiger partial charge is 0.339 e. The molecule has 0 amide bonds. The molecule has 0 aliphatic carbocycles.